The molecule has 1 aliphatic rings. The van der Waals surface area contributed by atoms with Gasteiger partial charge in [0.15, 0.2) is 5.65 Å². The van der Waals surface area contributed by atoms with Gasteiger partial charge in [-0.15, -0.1) is 13.2 Å². The van der Waals surface area contributed by atoms with Crippen molar-refractivity contribution in [1.82, 2.24) is 24.8 Å². The van der Waals surface area contributed by atoms with E-state index in [2.05, 4.69) is 19.9 Å². The molecule has 1 N–H and O–H groups in total. The fourth-order valence-corrected chi connectivity index (χ4v) is 4.51. The largest absolute Gasteiger partial charge is 0.523 e. The van der Waals surface area contributed by atoms with E-state index in [-0.39, 0.29) is 18.7 Å². The van der Waals surface area contributed by atoms with Crippen LogP contribution in [0.25, 0.3) is 11.2 Å². The standard InChI is InChI=1S/C30H36F3N5O3/c1-21-17-26-29(35-18-21)38(20-23-7-11-25(12-8-23)41-30(31,32)33)27(36-26)13-14-28(39)34-19-22-5-9-24(10-6-22)40-16-4-15-37(2)3/h5-11,17-18,25H,4,12-16,19-20H2,1-3H3,(H,34,39). The van der Waals surface area contributed by atoms with Gasteiger partial charge in [-0.3, -0.25) is 9.53 Å². The zero-order valence-corrected chi connectivity index (χ0v) is 23.6. The first-order valence-electron chi connectivity index (χ1n) is 13.6. The van der Waals surface area contributed by atoms with Crippen LogP contribution >= 0.6 is 0 Å². The Balaban J connectivity index is 1.32. The van der Waals surface area contributed by atoms with Gasteiger partial charge in [-0.1, -0.05) is 30.4 Å². The van der Waals surface area contributed by atoms with Gasteiger partial charge in [0.25, 0.3) is 0 Å². The van der Waals surface area contributed by atoms with Crippen molar-refractivity contribution in [1.29, 1.82) is 0 Å². The number of halogens is 3. The molecule has 1 unspecified atom stereocenters. The Morgan fingerprint density at radius 1 is 1.22 bits per heavy atom. The van der Waals surface area contributed by atoms with Gasteiger partial charge in [-0.05, 0) is 68.8 Å². The molecule has 220 valence electrons. The SMILES string of the molecule is Cc1cnc2c(c1)nc(CCC(=O)NCc1ccc(OCCCN(C)C)cc1)n2CC1=CCC(OC(F)(F)F)C=C1. The van der Waals surface area contributed by atoms with Gasteiger partial charge < -0.3 is 19.5 Å². The van der Waals surface area contributed by atoms with E-state index < -0.39 is 12.5 Å². The lowest BCUT2D eigenvalue weighted by Crippen LogP contribution is -2.24. The third-order valence-corrected chi connectivity index (χ3v) is 6.57. The summed E-state index contributed by atoms with van der Waals surface area (Å²) in [6.07, 6.45) is 2.48. The summed E-state index contributed by atoms with van der Waals surface area (Å²) in [6.45, 7) is 4.31. The summed E-state index contributed by atoms with van der Waals surface area (Å²) in [4.78, 5) is 24.1. The molecule has 1 amide bonds. The number of benzene rings is 1. The topological polar surface area (TPSA) is 81.5 Å². The molecule has 0 saturated carbocycles. The Hall–Kier alpha value is -3.70. The Labute approximate surface area is 237 Å². The van der Waals surface area contributed by atoms with Crippen LogP contribution < -0.4 is 10.1 Å². The predicted molar refractivity (Wildman–Crippen MR) is 150 cm³/mol. The Bertz CT molecular complexity index is 1380. The van der Waals surface area contributed by atoms with E-state index in [4.69, 9.17) is 9.72 Å². The quantitative estimate of drug-likeness (QED) is 0.287. The predicted octanol–water partition coefficient (Wildman–Crippen LogP) is 5.11. The smallest absolute Gasteiger partial charge is 0.494 e. The maximum absolute atomic E-state index is 12.7. The Morgan fingerprint density at radius 3 is 2.68 bits per heavy atom. The molecule has 1 aromatic carbocycles. The number of hydrogen-bond acceptors (Lipinski definition) is 6. The van der Waals surface area contributed by atoms with Crippen LogP contribution in [0.15, 0.2) is 60.3 Å². The van der Waals surface area contributed by atoms with Crippen LogP contribution in [-0.4, -0.2) is 65.1 Å². The molecule has 1 atom stereocenters. The maximum atomic E-state index is 12.7. The minimum Gasteiger partial charge on any atom is -0.494 e. The summed E-state index contributed by atoms with van der Waals surface area (Å²) < 4.78 is 49.5. The van der Waals surface area contributed by atoms with Crippen molar-refractivity contribution >= 4 is 17.1 Å². The highest BCUT2D eigenvalue weighted by atomic mass is 19.4. The Morgan fingerprint density at radius 2 is 2.00 bits per heavy atom. The normalized spacial score (nSPS) is 15.4. The summed E-state index contributed by atoms with van der Waals surface area (Å²) in [5.41, 5.74) is 4.13. The number of pyridine rings is 1. The molecule has 1 aliphatic carbocycles. The molecule has 4 rings (SSSR count). The van der Waals surface area contributed by atoms with Crippen molar-refractivity contribution in [3.05, 3.63) is 77.3 Å². The number of nitrogens with one attached hydrogen (secondary N) is 1. The van der Waals surface area contributed by atoms with E-state index in [1.54, 1.807) is 18.3 Å². The minimum absolute atomic E-state index is 0.110. The second-order valence-corrected chi connectivity index (χ2v) is 10.4. The number of ether oxygens (including phenoxy) is 2. The van der Waals surface area contributed by atoms with Gasteiger partial charge in [0.05, 0.1) is 19.3 Å². The van der Waals surface area contributed by atoms with Crippen LogP contribution in [0, 0.1) is 6.92 Å². The number of fused-ring (bicyclic) bond motifs is 1. The first kappa shape index (κ1) is 30.3. The number of carbonyl (C=O) groups excluding carboxylic acids is 1. The van der Waals surface area contributed by atoms with Crippen LogP contribution in [0.4, 0.5) is 13.2 Å². The number of imidazole rings is 1. The van der Waals surface area contributed by atoms with Crippen molar-refractivity contribution in [2.24, 2.45) is 0 Å². The third-order valence-electron chi connectivity index (χ3n) is 6.57. The molecule has 3 aromatic rings. The van der Waals surface area contributed by atoms with E-state index >= 15 is 0 Å². The highest BCUT2D eigenvalue weighted by molar-refractivity contribution is 5.76. The van der Waals surface area contributed by atoms with Crippen molar-refractivity contribution in [2.45, 2.75) is 58.2 Å². The highest BCUT2D eigenvalue weighted by Crippen LogP contribution is 2.25. The number of hydrogen-bond donors (Lipinski definition) is 1. The molecule has 0 fully saturated rings. The van der Waals surface area contributed by atoms with Crippen molar-refractivity contribution in [3.63, 3.8) is 0 Å². The number of aryl methyl sites for hydroxylation is 2. The lowest BCUT2D eigenvalue weighted by molar-refractivity contribution is -0.336. The number of alkyl halides is 3. The summed E-state index contributed by atoms with van der Waals surface area (Å²) in [5.74, 6) is 1.38. The molecule has 11 heteroatoms. The van der Waals surface area contributed by atoms with Crippen LogP contribution in [0.3, 0.4) is 0 Å². The molecule has 0 spiro atoms. The summed E-state index contributed by atoms with van der Waals surface area (Å²) in [6, 6.07) is 9.60. The molecular formula is C30H36F3N5O3. The average Bonchev–Trinajstić information content (AvgIpc) is 3.25. The van der Waals surface area contributed by atoms with E-state index in [1.807, 2.05) is 55.9 Å². The van der Waals surface area contributed by atoms with Gasteiger partial charge in [0.1, 0.15) is 17.1 Å². The molecule has 0 bridgehead atoms. The van der Waals surface area contributed by atoms with Crippen LogP contribution in [0.1, 0.15) is 36.2 Å². The molecule has 8 nitrogen and oxygen atoms in total. The van der Waals surface area contributed by atoms with E-state index in [0.717, 1.165) is 35.4 Å². The molecule has 0 saturated heterocycles. The Kier molecular flexibility index (Phi) is 10.2. The second kappa shape index (κ2) is 13.8. The van der Waals surface area contributed by atoms with Crippen molar-refractivity contribution in [2.75, 3.05) is 27.2 Å². The van der Waals surface area contributed by atoms with E-state index in [9.17, 15) is 18.0 Å². The molecule has 2 heterocycles. The minimum atomic E-state index is -4.68. The van der Waals surface area contributed by atoms with Crippen LogP contribution in [-0.2, 0) is 29.0 Å². The first-order chi connectivity index (χ1) is 19.6. The monoisotopic (exact) mass is 571 g/mol. The van der Waals surface area contributed by atoms with Gasteiger partial charge in [0, 0.05) is 32.1 Å². The van der Waals surface area contributed by atoms with Crippen molar-refractivity contribution in [3.8, 4) is 5.75 Å². The van der Waals surface area contributed by atoms with Gasteiger partial charge in [-0.2, -0.15) is 0 Å². The van der Waals surface area contributed by atoms with Gasteiger partial charge in [0.2, 0.25) is 5.91 Å². The fraction of sp³-hybridized carbons (Fsp3) is 0.433. The van der Waals surface area contributed by atoms with Crippen molar-refractivity contribution < 1.29 is 27.4 Å². The number of carbonyl (C=O) groups is 1. The summed E-state index contributed by atoms with van der Waals surface area (Å²) in [7, 11) is 4.06. The average molecular weight is 572 g/mol. The van der Waals surface area contributed by atoms with Crippen LogP contribution in [0.5, 0.6) is 5.75 Å². The number of aromatic nitrogens is 3. The summed E-state index contributed by atoms with van der Waals surface area (Å²) in [5, 5.41) is 2.95. The number of allylic oxidation sites excluding steroid dienone is 2. The molecule has 0 aliphatic heterocycles. The number of rotatable bonds is 13. The number of nitrogens with zero attached hydrogens (tertiary/aromatic N) is 4. The second-order valence-electron chi connectivity index (χ2n) is 10.4. The zero-order valence-electron chi connectivity index (χ0n) is 23.6. The van der Waals surface area contributed by atoms with E-state index in [1.165, 1.54) is 6.08 Å². The van der Waals surface area contributed by atoms with Gasteiger partial charge >= 0.3 is 6.36 Å². The maximum Gasteiger partial charge on any atom is 0.523 e. The van der Waals surface area contributed by atoms with Gasteiger partial charge in [-0.25, -0.2) is 9.97 Å². The first-order valence-corrected chi connectivity index (χ1v) is 13.6. The third kappa shape index (κ3) is 9.43. The molecule has 2 aromatic heterocycles. The highest BCUT2D eigenvalue weighted by Gasteiger charge is 2.32. The fourth-order valence-electron chi connectivity index (χ4n) is 4.51. The lowest BCUT2D eigenvalue weighted by Gasteiger charge is -2.19. The lowest BCUT2D eigenvalue weighted by atomic mass is 10.0. The zero-order chi connectivity index (χ0) is 29.4. The summed E-state index contributed by atoms with van der Waals surface area (Å²) >= 11 is 0. The molecule has 0 radical (unpaired) electrons. The molecule has 41 heavy (non-hydrogen) atoms. The van der Waals surface area contributed by atoms with E-state index in [0.29, 0.717) is 43.1 Å². The molecular weight excluding hydrogens is 535 g/mol. The number of amides is 1. The van der Waals surface area contributed by atoms with Crippen LogP contribution in [0.2, 0.25) is 0 Å².